The number of hydrogen-bond donors (Lipinski definition) is 2. The van der Waals surface area contributed by atoms with Gasteiger partial charge in [-0.25, -0.2) is 0 Å². The van der Waals surface area contributed by atoms with E-state index in [1.807, 2.05) is 29.5 Å². The molecule has 2 atom stereocenters. The van der Waals surface area contributed by atoms with E-state index in [0.717, 1.165) is 0 Å². The van der Waals surface area contributed by atoms with Gasteiger partial charge < -0.3 is 15.1 Å². The molecule has 1 saturated heterocycles. The third-order valence-electron chi connectivity index (χ3n) is 3.41. The number of phenols is 1. The number of amides is 1. The molecule has 1 amide bonds. The van der Waals surface area contributed by atoms with Crippen molar-refractivity contribution in [2.45, 2.75) is 6.92 Å². The maximum absolute atomic E-state index is 12.2. The Morgan fingerprint density at radius 3 is 2.58 bits per heavy atom. The van der Waals surface area contributed by atoms with E-state index in [1.54, 1.807) is 12.1 Å². The van der Waals surface area contributed by atoms with Crippen molar-refractivity contribution in [3.8, 4) is 5.75 Å². The fourth-order valence-electron chi connectivity index (χ4n) is 2.28. The molecule has 1 aliphatic rings. The first-order chi connectivity index (χ1) is 8.90. The van der Waals surface area contributed by atoms with Crippen molar-refractivity contribution in [3.05, 3.63) is 27.3 Å². The molecule has 5 nitrogen and oxygen atoms in total. The van der Waals surface area contributed by atoms with Gasteiger partial charge in [0.15, 0.2) is 0 Å². The van der Waals surface area contributed by atoms with Crippen LogP contribution in [0.4, 0.5) is 0 Å². The van der Waals surface area contributed by atoms with Gasteiger partial charge in [0.05, 0.1) is 9.49 Å². The molecule has 0 unspecified atom stereocenters. The minimum Gasteiger partial charge on any atom is -0.507 e. The minimum absolute atomic E-state index is 0.0566. The molecule has 6 heteroatoms. The van der Waals surface area contributed by atoms with E-state index in [2.05, 4.69) is 0 Å². The Balaban J connectivity index is 2.17. The van der Waals surface area contributed by atoms with E-state index in [4.69, 9.17) is 5.11 Å². The van der Waals surface area contributed by atoms with Crippen molar-refractivity contribution in [1.29, 1.82) is 0 Å². The Morgan fingerprint density at radius 2 is 2.05 bits per heavy atom. The number of carbonyl (C=O) groups is 2. The predicted molar refractivity (Wildman–Crippen MR) is 77.0 cm³/mol. The quantitative estimate of drug-likeness (QED) is 0.773. The van der Waals surface area contributed by atoms with E-state index in [1.165, 1.54) is 11.0 Å². The van der Waals surface area contributed by atoms with Crippen LogP contribution >= 0.6 is 22.6 Å². The van der Waals surface area contributed by atoms with Crippen LogP contribution in [0.15, 0.2) is 18.2 Å². The molecule has 0 radical (unpaired) electrons. The fraction of sp³-hybridized carbons (Fsp3) is 0.385. The largest absolute Gasteiger partial charge is 0.507 e. The van der Waals surface area contributed by atoms with Gasteiger partial charge in [-0.1, -0.05) is 6.92 Å². The van der Waals surface area contributed by atoms with Crippen LogP contribution in [0.1, 0.15) is 17.3 Å². The molecule has 1 aliphatic heterocycles. The van der Waals surface area contributed by atoms with Gasteiger partial charge in [0.1, 0.15) is 5.75 Å². The first-order valence-corrected chi connectivity index (χ1v) is 6.98. The molecule has 1 fully saturated rings. The molecule has 1 aromatic carbocycles. The molecule has 0 saturated carbocycles. The summed E-state index contributed by atoms with van der Waals surface area (Å²) in [5.74, 6) is -1.61. The monoisotopic (exact) mass is 375 g/mol. The van der Waals surface area contributed by atoms with E-state index >= 15 is 0 Å². The van der Waals surface area contributed by atoms with Gasteiger partial charge in [0.25, 0.3) is 5.91 Å². The fourth-order valence-corrected chi connectivity index (χ4v) is 2.62. The Hall–Kier alpha value is -1.31. The first kappa shape index (κ1) is 14.1. The smallest absolute Gasteiger partial charge is 0.308 e. The zero-order valence-electron chi connectivity index (χ0n) is 10.3. The Kier molecular flexibility index (Phi) is 3.98. The second-order valence-electron chi connectivity index (χ2n) is 4.80. The number of nitrogens with zero attached hydrogens (tertiary/aromatic N) is 1. The Morgan fingerprint density at radius 1 is 1.37 bits per heavy atom. The van der Waals surface area contributed by atoms with E-state index in [9.17, 15) is 14.7 Å². The molecule has 1 aromatic rings. The SMILES string of the molecule is C[C@@H]1CN(C(=O)c2ccc(I)c(O)c2)C[C@H]1C(=O)O. The summed E-state index contributed by atoms with van der Waals surface area (Å²) in [6.07, 6.45) is 0. The number of hydrogen-bond acceptors (Lipinski definition) is 3. The van der Waals surface area contributed by atoms with Crippen molar-refractivity contribution in [2.75, 3.05) is 13.1 Å². The summed E-state index contributed by atoms with van der Waals surface area (Å²) >= 11 is 1.98. The highest BCUT2D eigenvalue weighted by molar-refractivity contribution is 14.1. The lowest BCUT2D eigenvalue weighted by Crippen LogP contribution is -2.29. The number of benzene rings is 1. The van der Waals surface area contributed by atoms with Crippen molar-refractivity contribution in [2.24, 2.45) is 11.8 Å². The normalized spacial score (nSPS) is 22.5. The highest BCUT2D eigenvalue weighted by Crippen LogP contribution is 2.26. The maximum Gasteiger partial charge on any atom is 0.308 e. The molecule has 2 N–H and O–H groups in total. The number of likely N-dealkylation sites (tertiary alicyclic amines) is 1. The summed E-state index contributed by atoms with van der Waals surface area (Å²) in [4.78, 5) is 24.8. The van der Waals surface area contributed by atoms with Crippen LogP contribution in [-0.2, 0) is 4.79 Å². The van der Waals surface area contributed by atoms with Crippen molar-refractivity contribution >= 4 is 34.5 Å². The zero-order chi connectivity index (χ0) is 14.2. The first-order valence-electron chi connectivity index (χ1n) is 5.90. The third kappa shape index (κ3) is 2.83. The highest BCUT2D eigenvalue weighted by Gasteiger charge is 2.37. The average molecular weight is 375 g/mol. The molecule has 102 valence electrons. The van der Waals surface area contributed by atoms with Crippen molar-refractivity contribution in [3.63, 3.8) is 0 Å². The number of carbonyl (C=O) groups excluding carboxylic acids is 1. The van der Waals surface area contributed by atoms with Gasteiger partial charge in [0.2, 0.25) is 0 Å². The second kappa shape index (κ2) is 5.36. The molecule has 2 rings (SSSR count). The molecule has 0 spiro atoms. The molecule has 0 aliphatic carbocycles. The van der Waals surface area contributed by atoms with Gasteiger partial charge in [0, 0.05) is 18.7 Å². The number of aromatic hydroxyl groups is 1. The molecule has 1 heterocycles. The lowest BCUT2D eigenvalue weighted by Gasteiger charge is -2.16. The minimum atomic E-state index is -0.867. The summed E-state index contributed by atoms with van der Waals surface area (Å²) in [6.45, 7) is 2.49. The Bertz CT molecular complexity index is 531. The number of carboxylic acid groups (broad SMARTS) is 1. The van der Waals surface area contributed by atoms with E-state index < -0.39 is 11.9 Å². The highest BCUT2D eigenvalue weighted by atomic mass is 127. The molecule has 0 bridgehead atoms. The van der Waals surface area contributed by atoms with Crippen LogP contribution < -0.4 is 0 Å². The lowest BCUT2D eigenvalue weighted by atomic mass is 9.99. The van der Waals surface area contributed by atoms with E-state index in [-0.39, 0.29) is 24.1 Å². The molecular weight excluding hydrogens is 361 g/mol. The van der Waals surface area contributed by atoms with Crippen molar-refractivity contribution in [1.82, 2.24) is 4.90 Å². The number of rotatable bonds is 2. The van der Waals surface area contributed by atoms with Crippen LogP contribution in [0.5, 0.6) is 5.75 Å². The topological polar surface area (TPSA) is 77.8 Å². The van der Waals surface area contributed by atoms with Gasteiger partial charge in [-0.3, -0.25) is 9.59 Å². The van der Waals surface area contributed by atoms with Gasteiger partial charge in [-0.05, 0) is 46.7 Å². The third-order valence-corrected chi connectivity index (χ3v) is 4.32. The number of halogens is 1. The molecule has 0 aromatic heterocycles. The summed E-state index contributed by atoms with van der Waals surface area (Å²) in [6, 6.07) is 4.72. The van der Waals surface area contributed by atoms with Crippen molar-refractivity contribution < 1.29 is 19.8 Å². The number of aliphatic carboxylic acids is 1. The van der Waals surface area contributed by atoms with Crippen LogP contribution in [0, 0.1) is 15.4 Å². The lowest BCUT2D eigenvalue weighted by molar-refractivity contribution is -0.142. The zero-order valence-corrected chi connectivity index (χ0v) is 12.5. The summed E-state index contributed by atoms with van der Waals surface area (Å²) in [7, 11) is 0. The van der Waals surface area contributed by atoms with Gasteiger partial charge in [-0.15, -0.1) is 0 Å². The summed E-state index contributed by atoms with van der Waals surface area (Å²) in [5.41, 5.74) is 0.385. The predicted octanol–water partition coefficient (Wildman–Crippen LogP) is 1.79. The second-order valence-corrected chi connectivity index (χ2v) is 5.96. The molecular formula is C13H14INO4. The maximum atomic E-state index is 12.2. The van der Waals surface area contributed by atoms with Crippen LogP contribution in [0.3, 0.4) is 0 Å². The number of phenolic OH excluding ortho intramolecular Hbond substituents is 1. The molecule has 19 heavy (non-hydrogen) atoms. The average Bonchev–Trinajstić information content (AvgIpc) is 2.74. The number of carboxylic acids is 1. The van der Waals surface area contributed by atoms with Crippen LogP contribution in [-0.4, -0.2) is 40.1 Å². The van der Waals surface area contributed by atoms with Gasteiger partial charge >= 0.3 is 5.97 Å². The summed E-state index contributed by atoms with van der Waals surface area (Å²) < 4.78 is 0.673. The van der Waals surface area contributed by atoms with Crippen LogP contribution in [0.25, 0.3) is 0 Å². The van der Waals surface area contributed by atoms with Crippen LogP contribution in [0.2, 0.25) is 0 Å². The van der Waals surface area contributed by atoms with E-state index in [0.29, 0.717) is 15.7 Å². The Labute approximate surface area is 124 Å². The summed E-state index contributed by atoms with van der Waals surface area (Å²) in [5, 5.41) is 18.7. The standard InChI is InChI=1S/C13H14INO4/c1-7-5-15(6-9(7)13(18)19)12(17)8-2-3-10(14)11(16)4-8/h2-4,7,9,16H,5-6H2,1H3,(H,18,19)/t7-,9-/m1/s1. The van der Waals surface area contributed by atoms with Gasteiger partial charge in [-0.2, -0.15) is 0 Å².